The largest absolute Gasteiger partial charge is 0.298 e. The number of fused-ring (bicyclic) bond motifs is 2. The van der Waals surface area contributed by atoms with Crippen molar-refractivity contribution in [2.75, 3.05) is 0 Å². The Hall–Kier alpha value is -0.920. The summed E-state index contributed by atoms with van der Waals surface area (Å²) >= 11 is 0. The molecule has 0 saturated heterocycles. The maximum absolute atomic E-state index is 11.7. The highest BCUT2D eigenvalue weighted by Gasteiger charge is 2.51. The van der Waals surface area contributed by atoms with Crippen molar-refractivity contribution in [3.63, 3.8) is 0 Å². The predicted molar refractivity (Wildman–Crippen MR) is 44.6 cm³/mol. The summed E-state index contributed by atoms with van der Waals surface area (Å²) in [5.74, 6) is 0.207. The van der Waals surface area contributed by atoms with Crippen LogP contribution in [0.1, 0.15) is 26.7 Å². The molecule has 0 radical (unpaired) electrons. The lowest BCUT2D eigenvalue weighted by Gasteiger charge is -2.24. The summed E-state index contributed by atoms with van der Waals surface area (Å²) in [5, 5.41) is 0. The lowest BCUT2D eigenvalue weighted by atomic mass is 9.76. The van der Waals surface area contributed by atoms with Crippen LogP contribution in [0, 0.1) is 11.3 Å². The molecule has 0 aromatic carbocycles. The summed E-state index contributed by atoms with van der Waals surface area (Å²) in [6, 6.07) is 0. The van der Waals surface area contributed by atoms with E-state index in [9.17, 15) is 9.59 Å². The van der Waals surface area contributed by atoms with Gasteiger partial charge in [-0.3, -0.25) is 9.59 Å². The van der Waals surface area contributed by atoms with Crippen molar-refractivity contribution in [3.8, 4) is 0 Å². The van der Waals surface area contributed by atoms with Crippen LogP contribution in [-0.4, -0.2) is 11.6 Å². The maximum Gasteiger partial charge on any atom is 0.168 e. The monoisotopic (exact) mass is 164 g/mol. The van der Waals surface area contributed by atoms with Crippen molar-refractivity contribution in [1.82, 2.24) is 0 Å². The Morgan fingerprint density at radius 3 is 2.83 bits per heavy atom. The molecule has 0 spiro atoms. The van der Waals surface area contributed by atoms with E-state index in [1.807, 2.05) is 6.92 Å². The number of hydrogen-bond donors (Lipinski definition) is 0. The topological polar surface area (TPSA) is 34.1 Å². The van der Waals surface area contributed by atoms with E-state index in [1.165, 1.54) is 0 Å². The molecule has 2 bridgehead atoms. The lowest BCUT2D eigenvalue weighted by molar-refractivity contribution is -0.136. The number of Topliss-reactive ketones (excluding diaryl/α,β-unsaturated/α-hetero) is 1. The minimum atomic E-state index is -0.663. The van der Waals surface area contributed by atoms with E-state index in [2.05, 4.69) is 0 Å². The van der Waals surface area contributed by atoms with Crippen molar-refractivity contribution >= 4 is 11.6 Å². The van der Waals surface area contributed by atoms with Crippen molar-refractivity contribution in [3.05, 3.63) is 11.6 Å². The number of rotatable bonds is 0. The van der Waals surface area contributed by atoms with Crippen LogP contribution in [-0.2, 0) is 9.59 Å². The lowest BCUT2D eigenvalue weighted by Crippen LogP contribution is -2.36. The van der Waals surface area contributed by atoms with Crippen LogP contribution >= 0.6 is 0 Å². The van der Waals surface area contributed by atoms with Crippen LogP contribution < -0.4 is 0 Å². The van der Waals surface area contributed by atoms with E-state index in [0.29, 0.717) is 0 Å². The average molecular weight is 164 g/mol. The number of carbonyl (C=O) groups excluding carboxylic acids is 2. The molecule has 2 rings (SSSR count). The van der Waals surface area contributed by atoms with Gasteiger partial charge in [-0.2, -0.15) is 0 Å². The van der Waals surface area contributed by atoms with Crippen LogP contribution in [0.3, 0.4) is 0 Å². The van der Waals surface area contributed by atoms with Crippen LogP contribution in [0.5, 0.6) is 0 Å². The van der Waals surface area contributed by atoms with Crippen LogP contribution in [0.2, 0.25) is 0 Å². The number of allylic oxidation sites excluding steroid dienone is 2. The summed E-state index contributed by atoms with van der Waals surface area (Å²) in [6.45, 7) is 3.66. The first kappa shape index (κ1) is 7.71. The van der Waals surface area contributed by atoms with E-state index >= 15 is 0 Å². The Kier molecular flexibility index (Phi) is 1.33. The highest BCUT2D eigenvalue weighted by atomic mass is 16.2. The van der Waals surface area contributed by atoms with E-state index in [1.54, 1.807) is 13.0 Å². The van der Waals surface area contributed by atoms with Crippen LogP contribution in [0.4, 0.5) is 0 Å². The van der Waals surface area contributed by atoms with E-state index < -0.39 is 5.41 Å². The molecule has 2 aliphatic carbocycles. The normalized spacial score (nSPS) is 40.2. The molecule has 0 aliphatic heterocycles. The predicted octanol–water partition coefficient (Wildman–Crippen LogP) is 1.50. The van der Waals surface area contributed by atoms with Gasteiger partial charge in [0, 0.05) is 5.92 Å². The average Bonchev–Trinajstić information content (AvgIpc) is 2.23. The van der Waals surface area contributed by atoms with Crippen molar-refractivity contribution in [2.24, 2.45) is 11.3 Å². The molecular formula is C10H12O2. The van der Waals surface area contributed by atoms with Gasteiger partial charge < -0.3 is 0 Å². The third-order valence-corrected chi connectivity index (χ3v) is 3.25. The Morgan fingerprint density at radius 1 is 1.50 bits per heavy atom. The van der Waals surface area contributed by atoms with Gasteiger partial charge in [0.05, 0.1) is 5.41 Å². The molecule has 0 unspecified atom stereocenters. The van der Waals surface area contributed by atoms with Gasteiger partial charge in [0.15, 0.2) is 11.6 Å². The zero-order valence-electron chi connectivity index (χ0n) is 7.39. The zero-order valence-corrected chi connectivity index (χ0v) is 7.39. The van der Waals surface area contributed by atoms with Gasteiger partial charge in [-0.25, -0.2) is 0 Å². The molecule has 0 heterocycles. The quantitative estimate of drug-likeness (QED) is 0.508. The second kappa shape index (κ2) is 2.06. The minimum absolute atomic E-state index is 0.0127. The fourth-order valence-corrected chi connectivity index (χ4v) is 2.22. The van der Waals surface area contributed by atoms with E-state index in [4.69, 9.17) is 0 Å². The van der Waals surface area contributed by atoms with Crippen molar-refractivity contribution in [2.45, 2.75) is 26.7 Å². The summed E-state index contributed by atoms with van der Waals surface area (Å²) in [6.07, 6.45) is 3.26. The first-order chi connectivity index (χ1) is 5.55. The third-order valence-electron chi connectivity index (χ3n) is 3.25. The second-order valence-electron chi connectivity index (χ2n) is 4.04. The molecular weight excluding hydrogens is 152 g/mol. The maximum atomic E-state index is 11.7. The standard InChI is InChI=1S/C10H12O2/c1-6-5-8(11)10(2)4-3-7(6)9(10)12/h5,7H,3-4H2,1-2H3/t7-,10-/m1/s1. The Bertz CT molecular complexity index is 301. The molecule has 1 fully saturated rings. The molecule has 0 aromatic rings. The highest BCUT2D eigenvalue weighted by molar-refractivity contribution is 6.16. The van der Waals surface area contributed by atoms with Gasteiger partial charge in [0.25, 0.3) is 0 Å². The molecule has 12 heavy (non-hydrogen) atoms. The van der Waals surface area contributed by atoms with Gasteiger partial charge >= 0.3 is 0 Å². The molecule has 2 heteroatoms. The van der Waals surface area contributed by atoms with Gasteiger partial charge in [0.1, 0.15) is 0 Å². The second-order valence-corrected chi connectivity index (χ2v) is 4.04. The molecule has 0 N–H and O–H groups in total. The Balaban J connectivity index is 2.55. The van der Waals surface area contributed by atoms with Crippen LogP contribution in [0.25, 0.3) is 0 Å². The smallest absolute Gasteiger partial charge is 0.168 e. The molecule has 1 saturated carbocycles. The van der Waals surface area contributed by atoms with Crippen molar-refractivity contribution in [1.29, 1.82) is 0 Å². The fourth-order valence-electron chi connectivity index (χ4n) is 2.22. The summed E-state index contributed by atoms with van der Waals surface area (Å²) in [7, 11) is 0. The zero-order chi connectivity index (χ0) is 8.93. The molecule has 2 atom stereocenters. The first-order valence-electron chi connectivity index (χ1n) is 4.32. The molecule has 0 amide bonds. The van der Waals surface area contributed by atoms with E-state index in [-0.39, 0.29) is 17.5 Å². The van der Waals surface area contributed by atoms with Crippen molar-refractivity contribution < 1.29 is 9.59 Å². The van der Waals surface area contributed by atoms with Gasteiger partial charge in [-0.1, -0.05) is 5.57 Å². The van der Waals surface area contributed by atoms with Crippen LogP contribution in [0.15, 0.2) is 11.6 Å². The SMILES string of the molecule is CC1=CC(=O)[C@@]2(C)CC[C@H]1C2=O. The number of hydrogen-bond acceptors (Lipinski definition) is 2. The molecule has 0 aromatic heterocycles. The summed E-state index contributed by atoms with van der Waals surface area (Å²) in [5.41, 5.74) is 0.296. The highest BCUT2D eigenvalue weighted by Crippen LogP contribution is 2.45. The third kappa shape index (κ3) is 0.701. The molecule has 2 nitrogen and oxygen atoms in total. The minimum Gasteiger partial charge on any atom is -0.298 e. The fraction of sp³-hybridized carbons (Fsp3) is 0.600. The summed E-state index contributed by atoms with van der Waals surface area (Å²) in [4.78, 5) is 23.2. The molecule has 64 valence electrons. The van der Waals surface area contributed by atoms with Gasteiger partial charge in [-0.05, 0) is 32.8 Å². The Morgan fingerprint density at radius 2 is 2.17 bits per heavy atom. The van der Waals surface area contributed by atoms with Gasteiger partial charge in [0.2, 0.25) is 0 Å². The first-order valence-corrected chi connectivity index (χ1v) is 4.32. The van der Waals surface area contributed by atoms with E-state index in [0.717, 1.165) is 18.4 Å². The summed E-state index contributed by atoms with van der Waals surface area (Å²) < 4.78 is 0. The number of carbonyl (C=O) groups is 2. The molecule has 2 aliphatic rings. The number of ketones is 2. The van der Waals surface area contributed by atoms with Gasteiger partial charge in [-0.15, -0.1) is 0 Å². The Labute approximate surface area is 71.6 Å².